The minimum absolute atomic E-state index is 0.0162. The Labute approximate surface area is 171 Å². The number of hydrogen-bond donors (Lipinski definition) is 0. The third kappa shape index (κ3) is 3.22. The van der Waals surface area contributed by atoms with Gasteiger partial charge >= 0.3 is 6.03 Å². The molecule has 0 bridgehead atoms. The van der Waals surface area contributed by atoms with Crippen LogP contribution in [0.3, 0.4) is 0 Å². The zero-order valence-corrected chi connectivity index (χ0v) is 17.5. The van der Waals surface area contributed by atoms with E-state index in [9.17, 15) is 4.79 Å². The second kappa shape index (κ2) is 6.85. The summed E-state index contributed by atoms with van der Waals surface area (Å²) < 4.78 is 0. The van der Waals surface area contributed by atoms with E-state index < -0.39 is 0 Å². The molecule has 28 heavy (non-hydrogen) atoms. The van der Waals surface area contributed by atoms with Gasteiger partial charge in [-0.2, -0.15) is 0 Å². The fraction of sp³-hybridized carbons (Fsp3) is 0.545. The van der Waals surface area contributed by atoms with Crippen LogP contribution in [-0.2, 0) is 12.0 Å². The Morgan fingerprint density at radius 3 is 2.75 bits per heavy atom. The van der Waals surface area contributed by atoms with Gasteiger partial charge in [0, 0.05) is 62.7 Å². The first-order chi connectivity index (χ1) is 13.5. The predicted molar refractivity (Wildman–Crippen MR) is 113 cm³/mol. The van der Waals surface area contributed by atoms with E-state index in [1.165, 1.54) is 35.5 Å². The third-order valence-corrected chi connectivity index (χ3v) is 7.42. The van der Waals surface area contributed by atoms with Crippen LogP contribution in [0.2, 0.25) is 0 Å². The summed E-state index contributed by atoms with van der Waals surface area (Å²) in [5.74, 6) is 0.876. The van der Waals surface area contributed by atoms with Crippen LogP contribution >= 0.6 is 11.3 Å². The van der Waals surface area contributed by atoms with Crippen molar-refractivity contribution in [3.63, 3.8) is 0 Å². The maximum Gasteiger partial charge on any atom is 0.319 e. The van der Waals surface area contributed by atoms with Gasteiger partial charge in [-0.25, -0.2) is 9.78 Å². The van der Waals surface area contributed by atoms with Gasteiger partial charge < -0.3 is 9.80 Å². The minimum atomic E-state index is -0.0162. The molecule has 1 spiro atoms. The van der Waals surface area contributed by atoms with E-state index in [0.29, 0.717) is 0 Å². The summed E-state index contributed by atoms with van der Waals surface area (Å²) in [6.45, 7) is 4.86. The lowest BCUT2D eigenvalue weighted by atomic mass is 9.80. The largest absolute Gasteiger partial charge is 0.331 e. The second-order valence-electron chi connectivity index (χ2n) is 8.90. The summed E-state index contributed by atoms with van der Waals surface area (Å²) in [5.41, 5.74) is 2.44. The molecule has 3 heterocycles. The van der Waals surface area contributed by atoms with Crippen LogP contribution in [0.1, 0.15) is 29.8 Å². The number of fused-ring (bicyclic) bond motifs is 2. The minimum Gasteiger partial charge on any atom is -0.331 e. The van der Waals surface area contributed by atoms with Gasteiger partial charge in [-0.3, -0.25) is 4.90 Å². The van der Waals surface area contributed by atoms with Gasteiger partial charge in [0.25, 0.3) is 0 Å². The van der Waals surface area contributed by atoms with E-state index >= 15 is 0 Å². The fourth-order valence-electron chi connectivity index (χ4n) is 4.77. The molecule has 2 aromatic rings. The van der Waals surface area contributed by atoms with Crippen LogP contribution < -0.4 is 0 Å². The van der Waals surface area contributed by atoms with E-state index in [-0.39, 0.29) is 11.4 Å². The molecule has 1 aromatic heterocycles. The molecule has 1 saturated heterocycles. The van der Waals surface area contributed by atoms with Crippen LogP contribution in [0.25, 0.3) is 10.6 Å². The van der Waals surface area contributed by atoms with Crippen LogP contribution in [0, 0.1) is 5.92 Å². The molecule has 2 fully saturated rings. The Balaban J connectivity index is 1.50. The Bertz CT molecular complexity index is 876. The molecule has 2 aliphatic heterocycles. The van der Waals surface area contributed by atoms with Crippen molar-refractivity contribution in [3.05, 3.63) is 40.9 Å². The number of aromatic nitrogens is 1. The molecule has 2 amide bonds. The number of benzene rings is 1. The van der Waals surface area contributed by atoms with E-state index in [1.54, 1.807) is 4.90 Å². The first-order valence-electron chi connectivity index (χ1n) is 10.3. The standard InChI is InChI=1S/C22H28N4OS/c1-24(2)21(27)26-11-10-22(15-26)14-25(12-16-8-9-16)13-18-19(22)23-20(28-18)17-6-4-3-5-7-17/h3-7,16H,8-15H2,1-2H3/t22-/m1/s1. The van der Waals surface area contributed by atoms with Crippen molar-refractivity contribution in [2.45, 2.75) is 31.2 Å². The quantitative estimate of drug-likeness (QED) is 0.795. The van der Waals surface area contributed by atoms with Crippen molar-refractivity contribution < 1.29 is 4.79 Å². The van der Waals surface area contributed by atoms with E-state index in [4.69, 9.17) is 4.98 Å². The molecule has 0 N–H and O–H groups in total. The normalized spacial score (nSPS) is 24.6. The van der Waals surface area contributed by atoms with Crippen molar-refractivity contribution in [2.75, 3.05) is 40.3 Å². The van der Waals surface area contributed by atoms with Gasteiger partial charge in [0.1, 0.15) is 5.01 Å². The summed E-state index contributed by atoms with van der Waals surface area (Å²) in [6, 6.07) is 10.6. The SMILES string of the molecule is CN(C)C(=O)N1CC[C@@]2(CN(CC3CC3)Cc3sc(-c4ccccc4)nc32)C1. The highest BCUT2D eigenvalue weighted by atomic mass is 32.1. The lowest BCUT2D eigenvalue weighted by molar-refractivity contribution is 0.157. The molecule has 3 aliphatic rings. The molecule has 1 aromatic carbocycles. The third-order valence-electron chi connectivity index (χ3n) is 6.33. The average molecular weight is 397 g/mol. The Hall–Kier alpha value is -1.92. The molecular weight excluding hydrogens is 368 g/mol. The highest BCUT2D eigenvalue weighted by Crippen LogP contribution is 2.45. The highest BCUT2D eigenvalue weighted by Gasteiger charge is 2.49. The Morgan fingerprint density at radius 2 is 2.04 bits per heavy atom. The zero-order valence-electron chi connectivity index (χ0n) is 16.7. The molecule has 0 unspecified atom stereocenters. The number of likely N-dealkylation sites (tertiary alicyclic amines) is 1. The lowest BCUT2D eigenvalue weighted by Crippen LogP contribution is -2.49. The molecule has 6 heteroatoms. The van der Waals surface area contributed by atoms with Crippen LogP contribution in [0.4, 0.5) is 4.79 Å². The molecule has 148 valence electrons. The molecule has 0 radical (unpaired) electrons. The first-order valence-corrected chi connectivity index (χ1v) is 11.1. The van der Waals surface area contributed by atoms with Gasteiger partial charge in [0.05, 0.1) is 5.69 Å². The number of urea groups is 1. The number of carbonyl (C=O) groups is 1. The lowest BCUT2D eigenvalue weighted by Gasteiger charge is -2.39. The Morgan fingerprint density at radius 1 is 1.25 bits per heavy atom. The number of amides is 2. The summed E-state index contributed by atoms with van der Waals surface area (Å²) >= 11 is 1.85. The summed E-state index contributed by atoms with van der Waals surface area (Å²) in [5, 5.41) is 1.12. The van der Waals surface area contributed by atoms with Crippen molar-refractivity contribution in [2.24, 2.45) is 5.92 Å². The van der Waals surface area contributed by atoms with E-state index in [1.807, 2.05) is 30.3 Å². The van der Waals surface area contributed by atoms with Gasteiger partial charge in [-0.05, 0) is 25.2 Å². The summed E-state index contributed by atoms with van der Waals surface area (Å²) in [4.78, 5) is 25.5. The number of hydrogen-bond acceptors (Lipinski definition) is 4. The monoisotopic (exact) mass is 396 g/mol. The van der Waals surface area contributed by atoms with Crippen molar-refractivity contribution >= 4 is 17.4 Å². The average Bonchev–Trinajstić information content (AvgIpc) is 3.24. The van der Waals surface area contributed by atoms with E-state index in [2.05, 4.69) is 35.2 Å². The van der Waals surface area contributed by atoms with Gasteiger partial charge in [-0.15, -0.1) is 11.3 Å². The number of thiazole rings is 1. The van der Waals surface area contributed by atoms with Gasteiger partial charge in [0.2, 0.25) is 0 Å². The highest BCUT2D eigenvalue weighted by molar-refractivity contribution is 7.15. The zero-order chi connectivity index (χ0) is 19.3. The van der Waals surface area contributed by atoms with Gasteiger partial charge in [0.15, 0.2) is 0 Å². The van der Waals surface area contributed by atoms with Gasteiger partial charge in [-0.1, -0.05) is 30.3 Å². The van der Waals surface area contributed by atoms with E-state index in [0.717, 1.165) is 43.5 Å². The predicted octanol–water partition coefficient (Wildman–Crippen LogP) is 3.66. The maximum absolute atomic E-state index is 12.6. The first kappa shape index (κ1) is 18.1. The molecule has 1 aliphatic carbocycles. The number of rotatable bonds is 3. The number of carbonyl (C=O) groups excluding carboxylic acids is 1. The molecule has 1 saturated carbocycles. The molecule has 1 atom stereocenters. The van der Waals surface area contributed by atoms with Crippen LogP contribution in [0.5, 0.6) is 0 Å². The van der Waals surface area contributed by atoms with Crippen LogP contribution in [-0.4, -0.2) is 66.0 Å². The maximum atomic E-state index is 12.6. The fourth-order valence-corrected chi connectivity index (χ4v) is 6.01. The summed E-state index contributed by atoms with van der Waals surface area (Å²) in [6.07, 6.45) is 3.76. The second-order valence-corrected chi connectivity index (χ2v) is 9.98. The smallest absolute Gasteiger partial charge is 0.319 e. The number of nitrogens with zero attached hydrogens (tertiary/aromatic N) is 4. The topological polar surface area (TPSA) is 39.7 Å². The van der Waals surface area contributed by atoms with Crippen LogP contribution in [0.15, 0.2) is 30.3 Å². The van der Waals surface area contributed by atoms with Crippen molar-refractivity contribution in [3.8, 4) is 10.6 Å². The molecular formula is C22H28N4OS. The molecule has 5 nitrogen and oxygen atoms in total. The van der Waals surface area contributed by atoms with Crippen molar-refractivity contribution in [1.82, 2.24) is 19.7 Å². The summed E-state index contributed by atoms with van der Waals surface area (Å²) in [7, 11) is 3.69. The Kier molecular flexibility index (Phi) is 4.43. The van der Waals surface area contributed by atoms with Crippen molar-refractivity contribution in [1.29, 1.82) is 0 Å². The molecule has 5 rings (SSSR count).